The molecule has 1 aliphatic carbocycles. The predicted molar refractivity (Wildman–Crippen MR) is 72.9 cm³/mol. The van der Waals surface area contributed by atoms with Crippen LogP contribution >= 0.6 is 15.9 Å². The minimum absolute atomic E-state index is 0.0184. The third kappa shape index (κ3) is 4.36. The van der Waals surface area contributed by atoms with Crippen molar-refractivity contribution in [1.82, 2.24) is 0 Å². The molecule has 0 spiro atoms. The normalized spacial score (nSPS) is 21.6. The zero-order chi connectivity index (χ0) is 12.1. The van der Waals surface area contributed by atoms with Crippen molar-refractivity contribution in [3.8, 4) is 0 Å². The molecule has 0 unspecified atom stereocenters. The van der Waals surface area contributed by atoms with E-state index in [1.165, 1.54) is 25.7 Å². The minimum Gasteiger partial charge on any atom is -0.229 e. The summed E-state index contributed by atoms with van der Waals surface area (Å²) in [5.41, 5.74) is 0.0184. The molecule has 0 radical (unpaired) electrons. The van der Waals surface area contributed by atoms with Crippen LogP contribution in [-0.4, -0.2) is 25.3 Å². The Bertz CT molecular complexity index is 290. The summed E-state index contributed by atoms with van der Waals surface area (Å²) in [6, 6.07) is 0. The zero-order valence-corrected chi connectivity index (χ0v) is 12.6. The van der Waals surface area contributed by atoms with Crippen LogP contribution in [0, 0.1) is 5.41 Å². The van der Waals surface area contributed by atoms with E-state index in [1.807, 2.05) is 6.92 Å². The van der Waals surface area contributed by atoms with E-state index >= 15 is 0 Å². The van der Waals surface area contributed by atoms with Crippen molar-refractivity contribution in [2.45, 2.75) is 51.9 Å². The van der Waals surface area contributed by atoms with E-state index in [0.29, 0.717) is 11.5 Å². The monoisotopic (exact) mass is 310 g/mol. The molecule has 0 amide bonds. The van der Waals surface area contributed by atoms with Crippen molar-refractivity contribution < 1.29 is 8.42 Å². The quantitative estimate of drug-likeness (QED) is 0.575. The van der Waals surface area contributed by atoms with Gasteiger partial charge in [0.05, 0.1) is 5.75 Å². The maximum Gasteiger partial charge on any atom is 0.150 e. The molecule has 0 aromatic carbocycles. The largest absolute Gasteiger partial charge is 0.229 e. The van der Waals surface area contributed by atoms with Crippen LogP contribution in [0.5, 0.6) is 0 Å². The van der Waals surface area contributed by atoms with Gasteiger partial charge in [0.25, 0.3) is 0 Å². The lowest BCUT2D eigenvalue weighted by Crippen LogP contribution is -2.32. The standard InChI is InChI=1S/C12H23BrO2S/c1-2-9-16(14,15)11-12(10-13)7-5-3-4-6-8-12/h2-11H2,1H3. The van der Waals surface area contributed by atoms with Gasteiger partial charge in [0.1, 0.15) is 0 Å². The number of sulfone groups is 1. The number of halogens is 1. The Labute approximate surface area is 108 Å². The minimum atomic E-state index is -2.85. The first-order valence-corrected chi connectivity index (χ1v) is 9.24. The van der Waals surface area contributed by atoms with E-state index in [-0.39, 0.29) is 5.41 Å². The van der Waals surface area contributed by atoms with Gasteiger partial charge in [0, 0.05) is 11.1 Å². The Hall–Kier alpha value is 0.430. The van der Waals surface area contributed by atoms with Crippen molar-refractivity contribution in [1.29, 1.82) is 0 Å². The van der Waals surface area contributed by atoms with Crippen LogP contribution in [0.1, 0.15) is 51.9 Å². The van der Waals surface area contributed by atoms with Gasteiger partial charge in [-0.15, -0.1) is 0 Å². The molecule has 0 aromatic heterocycles. The van der Waals surface area contributed by atoms with Crippen LogP contribution in [-0.2, 0) is 9.84 Å². The van der Waals surface area contributed by atoms with Gasteiger partial charge in [-0.05, 0) is 24.7 Å². The predicted octanol–water partition coefficient (Wildman–Crippen LogP) is 3.55. The highest BCUT2D eigenvalue weighted by atomic mass is 79.9. The summed E-state index contributed by atoms with van der Waals surface area (Å²) in [4.78, 5) is 0. The third-order valence-corrected chi connectivity index (χ3v) is 6.76. The summed E-state index contributed by atoms with van der Waals surface area (Å²) in [5.74, 6) is 0.737. The van der Waals surface area contributed by atoms with E-state index < -0.39 is 9.84 Å². The Morgan fingerprint density at radius 2 is 1.69 bits per heavy atom. The fourth-order valence-electron chi connectivity index (χ4n) is 2.64. The molecule has 1 saturated carbocycles. The second-order valence-electron chi connectivity index (χ2n) is 5.14. The molecule has 1 rings (SSSR count). The SMILES string of the molecule is CCCS(=O)(=O)CC1(CBr)CCCCCC1. The second kappa shape index (κ2) is 6.39. The first-order chi connectivity index (χ1) is 7.54. The fraction of sp³-hybridized carbons (Fsp3) is 1.00. The van der Waals surface area contributed by atoms with Crippen LogP contribution in [0.15, 0.2) is 0 Å². The van der Waals surface area contributed by atoms with Crippen LogP contribution in [0.3, 0.4) is 0 Å². The van der Waals surface area contributed by atoms with E-state index in [4.69, 9.17) is 0 Å². The third-order valence-electron chi connectivity index (χ3n) is 3.49. The molecule has 96 valence electrons. The first-order valence-electron chi connectivity index (χ1n) is 6.30. The van der Waals surface area contributed by atoms with Gasteiger partial charge < -0.3 is 0 Å². The lowest BCUT2D eigenvalue weighted by molar-refractivity contribution is 0.327. The lowest BCUT2D eigenvalue weighted by Gasteiger charge is -2.30. The van der Waals surface area contributed by atoms with E-state index in [0.717, 1.165) is 24.6 Å². The first kappa shape index (κ1) is 14.5. The van der Waals surface area contributed by atoms with Crippen LogP contribution in [0.25, 0.3) is 0 Å². The highest BCUT2D eigenvalue weighted by Gasteiger charge is 2.34. The Morgan fingerprint density at radius 3 is 2.12 bits per heavy atom. The number of rotatable bonds is 5. The van der Waals surface area contributed by atoms with Crippen molar-refractivity contribution in [2.24, 2.45) is 5.41 Å². The molecule has 4 heteroatoms. The molecular formula is C12H23BrO2S. The maximum absolute atomic E-state index is 12.0. The van der Waals surface area contributed by atoms with E-state index in [9.17, 15) is 8.42 Å². The molecule has 0 bridgehead atoms. The zero-order valence-electron chi connectivity index (χ0n) is 10.2. The van der Waals surface area contributed by atoms with Gasteiger partial charge in [-0.25, -0.2) is 8.42 Å². The summed E-state index contributed by atoms with van der Waals surface area (Å²) >= 11 is 3.54. The molecule has 1 aliphatic rings. The average molecular weight is 311 g/mol. The smallest absolute Gasteiger partial charge is 0.150 e. The lowest BCUT2D eigenvalue weighted by atomic mass is 9.85. The number of hydrogen-bond acceptors (Lipinski definition) is 2. The number of alkyl halides is 1. The molecule has 16 heavy (non-hydrogen) atoms. The van der Waals surface area contributed by atoms with E-state index in [2.05, 4.69) is 15.9 Å². The van der Waals surface area contributed by atoms with Crippen molar-refractivity contribution in [3.63, 3.8) is 0 Å². The summed E-state index contributed by atoms with van der Waals surface area (Å²) in [7, 11) is -2.85. The van der Waals surface area contributed by atoms with Gasteiger partial charge in [-0.2, -0.15) is 0 Å². The highest BCUT2D eigenvalue weighted by Crippen LogP contribution is 2.38. The fourth-order valence-corrected chi connectivity index (χ4v) is 5.76. The van der Waals surface area contributed by atoms with Crippen LogP contribution < -0.4 is 0 Å². The highest BCUT2D eigenvalue weighted by molar-refractivity contribution is 9.09. The summed E-state index contributed by atoms with van der Waals surface area (Å²) < 4.78 is 23.9. The molecule has 1 fully saturated rings. The van der Waals surface area contributed by atoms with Gasteiger partial charge in [0.2, 0.25) is 0 Å². The van der Waals surface area contributed by atoms with Crippen molar-refractivity contribution >= 4 is 25.8 Å². The van der Waals surface area contributed by atoms with Gasteiger partial charge in [-0.3, -0.25) is 0 Å². The topological polar surface area (TPSA) is 34.1 Å². The second-order valence-corrected chi connectivity index (χ2v) is 7.88. The van der Waals surface area contributed by atoms with Crippen LogP contribution in [0.4, 0.5) is 0 Å². The van der Waals surface area contributed by atoms with Crippen molar-refractivity contribution in [2.75, 3.05) is 16.8 Å². The van der Waals surface area contributed by atoms with Crippen LogP contribution in [0.2, 0.25) is 0 Å². The molecule has 0 atom stereocenters. The summed E-state index contributed by atoms with van der Waals surface area (Å²) in [6.45, 7) is 1.94. The molecule has 0 saturated heterocycles. The molecular weight excluding hydrogens is 288 g/mol. The molecule has 2 nitrogen and oxygen atoms in total. The maximum atomic E-state index is 12.0. The van der Waals surface area contributed by atoms with E-state index in [1.54, 1.807) is 0 Å². The summed E-state index contributed by atoms with van der Waals surface area (Å²) in [5, 5.41) is 0.836. The van der Waals surface area contributed by atoms with Gasteiger partial charge in [-0.1, -0.05) is 48.5 Å². The Balaban J connectivity index is 2.71. The van der Waals surface area contributed by atoms with Crippen molar-refractivity contribution in [3.05, 3.63) is 0 Å². The Kier molecular flexibility index (Phi) is 5.78. The molecule has 0 aromatic rings. The average Bonchev–Trinajstić information content (AvgIpc) is 2.43. The molecule has 0 heterocycles. The van der Waals surface area contributed by atoms with Gasteiger partial charge in [0.15, 0.2) is 9.84 Å². The molecule has 0 aliphatic heterocycles. The molecule has 0 N–H and O–H groups in total. The number of hydrogen-bond donors (Lipinski definition) is 0. The summed E-state index contributed by atoms with van der Waals surface area (Å²) in [6.07, 6.45) is 7.79. The Morgan fingerprint density at radius 1 is 1.12 bits per heavy atom. The van der Waals surface area contributed by atoms with Gasteiger partial charge >= 0.3 is 0 Å².